The van der Waals surface area contributed by atoms with E-state index in [2.05, 4.69) is 18.0 Å². The lowest BCUT2D eigenvalue weighted by Gasteiger charge is -2.11. The molecule has 0 aliphatic heterocycles. The van der Waals surface area contributed by atoms with E-state index in [-0.39, 0.29) is 5.92 Å². The summed E-state index contributed by atoms with van der Waals surface area (Å²) >= 11 is 0. The number of nitriles is 1. The number of hydrogen-bond acceptors (Lipinski definition) is 2. The molecule has 0 saturated heterocycles. The Morgan fingerprint density at radius 2 is 2.38 bits per heavy atom. The fraction of sp³-hybridized carbons (Fsp3) is 0.385. The zero-order chi connectivity index (χ0) is 11.4. The quantitative estimate of drug-likeness (QED) is 0.782. The number of hydrogen-bond donors (Lipinski definition) is 0. The number of fused-ring (bicyclic) bond motifs is 1. The fourth-order valence-corrected chi connectivity index (χ4v) is 1.94. The van der Waals surface area contributed by atoms with Gasteiger partial charge in [-0.3, -0.25) is 0 Å². The van der Waals surface area contributed by atoms with Crippen molar-refractivity contribution in [2.45, 2.75) is 32.1 Å². The highest BCUT2D eigenvalue weighted by Crippen LogP contribution is 2.22. The van der Waals surface area contributed by atoms with Gasteiger partial charge in [0.15, 0.2) is 0 Å². The molecule has 2 aromatic heterocycles. The van der Waals surface area contributed by atoms with E-state index in [4.69, 9.17) is 0 Å². The highest BCUT2D eigenvalue weighted by atomic mass is 15.0. The second-order valence-electron chi connectivity index (χ2n) is 3.96. The summed E-state index contributed by atoms with van der Waals surface area (Å²) in [5.74, 6) is -0.0298. The first-order valence-corrected chi connectivity index (χ1v) is 5.67. The summed E-state index contributed by atoms with van der Waals surface area (Å²) in [6.45, 7) is 2.15. The summed E-state index contributed by atoms with van der Waals surface area (Å²) in [6.07, 6.45) is 6.73. The summed E-state index contributed by atoms with van der Waals surface area (Å²) in [5.41, 5.74) is 2.10. The van der Waals surface area contributed by atoms with Crippen molar-refractivity contribution in [2.75, 3.05) is 0 Å². The van der Waals surface area contributed by atoms with Crippen molar-refractivity contribution in [3.63, 3.8) is 0 Å². The molecule has 0 fully saturated rings. The molecule has 2 heterocycles. The minimum Gasteiger partial charge on any atom is -0.302 e. The first-order chi connectivity index (χ1) is 7.86. The summed E-state index contributed by atoms with van der Waals surface area (Å²) in [7, 11) is 0. The molecule has 82 valence electrons. The van der Waals surface area contributed by atoms with E-state index < -0.39 is 0 Å². The maximum absolute atomic E-state index is 9.22. The van der Waals surface area contributed by atoms with Crippen LogP contribution >= 0.6 is 0 Å². The minimum absolute atomic E-state index is 0.0298. The summed E-state index contributed by atoms with van der Waals surface area (Å²) < 4.78 is 2.00. The first-order valence-electron chi connectivity index (χ1n) is 5.67. The van der Waals surface area contributed by atoms with Crippen LogP contribution in [-0.2, 0) is 0 Å². The van der Waals surface area contributed by atoms with Crippen LogP contribution in [0.4, 0.5) is 0 Å². The highest BCUT2D eigenvalue weighted by molar-refractivity contribution is 5.46. The third kappa shape index (κ3) is 1.92. The topological polar surface area (TPSA) is 41.1 Å². The molecule has 1 unspecified atom stereocenters. The SMILES string of the molecule is CCCCC(C#N)c1cccc2cncn12. The second-order valence-corrected chi connectivity index (χ2v) is 3.96. The Morgan fingerprint density at radius 3 is 3.12 bits per heavy atom. The van der Waals surface area contributed by atoms with Gasteiger partial charge in [0.2, 0.25) is 0 Å². The van der Waals surface area contributed by atoms with Gasteiger partial charge in [0.05, 0.1) is 30.0 Å². The van der Waals surface area contributed by atoms with Gasteiger partial charge in [0.1, 0.15) is 0 Å². The van der Waals surface area contributed by atoms with E-state index in [1.807, 2.05) is 28.8 Å². The maximum atomic E-state index is 9.22. The Morgan fingerprint density at radius 1 is 1.50 bits per heavy atom. The number of unbranched alkanes of at least 4 members (excludes halogenated alkanes) is 1. The van der Waals surface area contributed by atoms with Crippen LogP contribution in [0.2, 0.25) is 0 Å². The van der Waals surface area contributed by atoms with Gasteiger partial charge in [0.25, 0.3) is 0 Å². The summed E-state index contributed by atoms with van der Waals surface area (Å²) in [4.78, 5) is 4.11. The third-order valence-corrected chi connectivity index (χ3v) is 2.84. The van der Waals surface area contributed by atoms with Gasteiger partial charge in [-0.15, -0.1) is 0 Å². The number of imidazole rings is 1. The lowest BCUT2D eigenvalue weighted by Crippen LogP contribution is -2.02. The molecule has 0 spiro atoms. The van der Waals surface area contributed by atoms with Crippen molar-refractivity contribution in [1.29, 1.82) is 5.26 Å². The van der Waals surface area contributed by atoms with Crippen molar-refractivity contribution < 1.29 is 0 Å². The van der Waals surface area contributed by atoms with Crippen LogP contribution in [0.5, 0.6) is 0 Å². The molecule has 0 aromatic carbocycles. The van der Waals surface area contributed by atoms with Gasteiger partial charge in [0, 0.05) is 5.69 Å². The van der Waals surface area contributed by atoms with Gasteiger partial charge in [-0.05, 0) is 18.6 Å². The van der Waals surface area contributed by atoms with E-state index in [0.29, 0.717) is 0 Å². The van der Waals surface area contributed by atoms with Gasteiger partial charge in [-0.25, -0.2) is 4.98 Å². The van der Waals surface area contributed by atoms with E-state index in [9.17, 15) is 5.26 Å². The zero-order valence-corrected chi connectivity index (χ0v) is 9.43. The van der Waals surface area contributed by atoms with E-state index in [1.165, 1.54) is 0 Å². The Kier molecular flexibility index (Phi) is 3.21. The van der Waals surface area contributed by atoms with Gasteiger partial charge in [-0.2, -0.15) is 5.26 Å². The van der Waals surface area contributed by atoms with E-state index in [1.54, 1.807) is 6.33 Å². The monoisotopic (exact) mass is 213 g/mol. The molecule has 3 nitrogen and oxygen atoms in total. The van der Waals surface area contributed by atoms with Crippen LogP contribution in [0.3, 0.4) is 0 Å². The van der Waals surface area contributed by atoms with E-state index in [0.717, 1.165) is 30.5 Å². The molecule has 1 atom stereocenters. The molecule has 0 bridgehead atoms. The lowest BCUT2D eigenvalue weighted by molar-refractivity contribution is 0.653. The second kappa shape index (κ2) is 4.80. The highest BCUT2D eigenvalue weighted by Gasteiger charge is 2.12. The third-order valence-electron chi connectivity index (χ3n) is 2.84. The molecule has 0 amide bonds. The Bertz CT molecular complexity index is 507. The molecule has 2 rings (SSSR count). The van der Waals surface area contributed by atoms with Gasteiger partial charge in [-0.1, -0.05) is 25.8 Å². The van der Waals surface area contributed by atoms with Crippen LogP contribution < -0.4 is 0 Å². The zero-order valence-electron chi connectivity index (χ0n) is 9.43. The number of aromatic nitrogens is 2. The molecular weight excluding hydrogens is 198 g/mol. The van der Waals surface area contributed by atoms with Crippen LogP contribution in [0, 0.1) is 11.3 Å². The molecule has 2 aromatic rings. The predicted molar refractivity (Wildman–Crippen MR) is 63.1 cm³/mol. The number of nitrogens with zero attached hydrogens (tertiary/aromatic N) is 3. The molecule has 0 aliphatic carbocycles. The lowest BCUT2D eigenvalue weighted by atomic mass is 9.99. The van der Waals surface area contributed by atoms with Crippen LogP contribution in [-0.4, -0.2) is 9.38 Å². The van der Waals surface area contributed by atoms with Crippen molar-refractivity contribution in [1.82, 2.24) is 9.38 Å². The fourth-order valence-electron chi connectivity index (χ4n) is 1.94. The van der Waals surface area contributed by atoms with Crippen LogP contribution in [0.15, 0.2) is 30.7 Å². The standard InChI is InChI=1S/C13H15N3/c1-2-3-5-11(8-14)13-7-4-6-12-9-15-10-16(12)13/h4,6-7,9-11H,2-3,5H2,1H3. The van der Waals surface area contributed by atoms with Crippen molar-refractivity contribution in [2.24, 2.45) is 0 Å². The van der Waals surface area contributed by atoms with Gasteiger partial charge >= 0.3 is 0 Å². The predicted octanol–water partition coefficient (Wildman–Crippen LogP) is 3.13. The molecular formula is C13H15N3. The normalized spacial score (nSPS) is 12.5. The molecule has 3 heteroatoms. The van der Waals surface area contributed by atoms with Crippen LogP contribution in [0.25, 0.3) is 5.52 Å². The van der Waals surface area contributed by atoms with Crippen molar-refractivity contribution >= 4 is 5.52 Å². The molecule has 0 radical (unpaired) electrons. The Labute approximate surface area is 95.4 Å². The Balaban J connectivity index is 2.37. The Hall–Kier alpha value is -1.82. The van der Waals surface area contributed by atoms with E-state index >= 15 is 0 Å². The molecule has 0 N–H and O–H groups in total. The number of rotatable bonds is 4. The smallest absolute Gasteiger partial charge is 0.0994 e. The van der Waals surface area contributed by atoms with Crippen molar-refractivity contribution in [3.8, 4) is 6.07 Å². The minimum atomic E-state index is -0.0298. The maximum Gasteiger partial charge on any atom is 0.0994 e. The van der Waals surface area contributed by atoms with Gasteiger partial charge < -0.3 is 4.40 Å². The number of pyridine rings is 1. The molecule has 16 heavy (non-hydrogen) atoms. The largest absolute Gasteiger partial charge is 0.302 e. The van der Waals surface area contributed by atoms with Crippen molar-refractivity contribution in [3.05, 3.63) is 36.4 Å². The molecule has 0 aliphatic rings. The average Bonchev–Trinajstić information content (AvgIpc) is 2.78. The molecule has 0 saturated carbocycles. The first kappa shape index (κ1) is 10.7. The van der Waals surface area contributed by atoms with Crippen LogP contribution in [0.1, 0.15) is 37.8 Å². The summed E-state index contributed by atoms with van der Waals surface area (Å²) in [5, 5.41) is 9.22. The average molecular weight is 213 g/mol. The summed E-state index contributed by atoms with van der Waals surface area (Å²) in [6, 6.07) is 8.39.